The molecule has 1 atom stereocenters. The third-order valence-electron chi connectivity index (χ3n) is 4.28. The van der Waals surface area contributed by atoms with Crippen LogP contribution in [0.2, 0.25) is 0 Å². The van der Waals surface area contributed by atoms with Crippen molar-refractivity contribution in [1.82, 2.24) is 10.3 Å². The summed E-state index contributed by atoms with van der Waals surface area (Å²) in [7, 11) is 0. The summed E-state index contributed by atoms with van der Waals surface area (Å²) in [6.45, 7) is 0.748. The van der Waals surface area contributed by atoms with Gasteiger partial charge in [0, 0.05) is 24.1 Å². The molecule has 1 aliphatic carbocycles. The largest absolute Gasteiger partial charge is 0.356 e. The third kappa shape index (κ3) is 3.80. The maximum absolute atomic E-state index is 12.1. The second-order valence-electron chi connectivity index (χ2n) is 5.98. The molecule has 6 heteroatoms. The highest BCUT2D eigenvalue weighted by molar-refractivity contribution is 8.01. The second kappa shape index (κ2) is 7.13. The molecule has 2 aliphatic rings. The molecule has 1 aromatic rings. The lowest BCUT2D eigenvalue weighted by molar-refractivity contribution is -0.124. The van der Waals surface area contributed by atoms with Crippen molar-refractivity contribution in [3.63, 3.8) is 0 Å². The fourth-order valence-electron chi connectivity index (χ4n) is 3.02. The van der Waals surface area contributed by atoms with E-state index < -0.39 is 0 Å². The van der Waals surface area contributed by atoms with Crippen molar-refractivity contribution in [3.8, 4) is 0 Å². The van der Waals surface area contributed by atoms with E-state index in [4.69, 9.17) is 0 Å². The molecule has 0 spiro atoms. The predicted molar refractivity (Wildman–Crippen MR) is 86.7 cm³/mol. The predicted octanol–water partition coefficient (Wildman–Crippen LogP) is 2.58. The minimum atomic E-state index is -0.360. The van der Waals surface area contributed by atoms with Crippen molar-refractivity contribution in [2.45, 2.75) is 48.7 Å². The van der Waals surface area contributed by atoms with E-state index in [0.717, 1.165) is 17.1 Å². The zero-order chi connectivity index (χ0) is 15.4. The fourth-order valence-corrected chi connectivity index (χ4v) is 4.10. The summed E-state index contributed by atoms with van der Waals surface area (Å²) in [5.41, 5.74) is 0.733. The average molecular weight is 319 g/mol. The van der Waals surface area contributed by atoms with Crippen LogP contribution in [0.15, 0.2) is 23.4 Å². The Kier molecular flexibility index (Phi) is 4.97. The lowest BCUT2D eigenvalue weighted by Crippen LogP contribution is -2.36. The molecule has 0 saturated heterocycles. The van der Waals surface area contributed by atoms with E-state index in [0.29, 0.717) is 5.92 Å². The Bertz CT molecular complexity index is 558. The first-order valence-electron chi connectivity index (χ1n) is 7.90. The van der Waals surface area contributed by atoms with E-state index in [1.54, 1.807) is 12.4 Å². The molecule has 1 unspecified atom stereocenters. The zero-order valence-electron chi connectivity index (χ0n) is 12.5. The van der Waals surface area contributed by atoms with E-state index in [2.05, 4.69) is 15.6 Å². The molecule has 1 saturated carbocycles. The van der Waals surface area contributed by atoms with Crippen LogP contribution in [-0.4, -0.2) is 28.6 Å². The number of nitrogens with zero attached hydrogens (tertiary/aromatic N) is 1. The number of pyridine rings is 1. The Balaban J connectivity index is 1.50. The van der Waals surface area contributed by atoms with Crippen molar-refractivity contribution in [1.29, 1.82) is 0 Å². The molecule has 0 aromatic carbocycles. The standard InChI is InChI=1S/C16H21N3O2S/c20-15(18-9-11-4-2-1-3-5-11)8-14-16(21)19-12-10-17-7-6-13(12)22-14/h6-7,10-11,14H,1-5,8-9H2,(H,18,20)(H,19,21). The van der Waals surface area contributed by atoms with Gasteiger partial charge in [-0.1, -0.05) is 19.3 Å². The Morgan fingerprint density at radius 2 is 2.18 bits per heavy atom. The summed E-state index contributed by atoms with van der Waals surface area (Å²) in [6.07, 6.45) is 9.84. The molecule has 0 radical (unpaired) electrons. The van der Waals surface area contributed by atoms with Gasteiger partial charge in [0.25, 0.3) is 0 Å². The normalized spacial score (nSPS) is 21.8. The van der Waals surface area contributed by atoms with Crippen LogP contribution < -0.4 is 10.6 Å². The van der Waals surface area contributed by atoms with Crippen molar-refractivity contribution in [2.75, 3.05) is 11.9 Å². The Hall–Kier alpha value is -1.56. The minimum absolute atomic E-state index is 0.0317. The number of hydrogen-bond donors (Lipinski definition) is 2. The first kappa shape index (κ1) is 15.3. The number of aromatic nitrogens is 1. The van der Waals surface area contributed by atoms with Crippen molar-refractivity contribution >= 4 is 29.3 Å². The van der Waals surface area contributed by atoms with Gasteiger partial charge in [0.1, 0.15) is 0 Å². The van der Waals surface area contributed by atoms with E-state index in [1.165, 1.54) is 43.9 Å². The van der Waals surface area contributed by atoms with Crippen LogP contribution in [0.3, 0.4) is 0 Å². The fraction of sp³-hybridized carbons (Fsp3) is 0.562. The molecule has 5 nitrogen and oxygen atoms in total. The number of thioether (sulfide) groups is 1. The van der Waals surface area contributed by atoms with Gasteiger partial charge in [0.2, 0.25) is 11.8 Å². The van der Waals surface area contributed by atoms with Gasteiger partial charge in [-0.2, -0.15) is 0 Å². The van der Waals surface area contributed by atoms with E-state index in [9.17, 15) is 9.59 Å². The van der Waals surface area contributed by atoms with Crippen LogP contribution in [0.4, 0.5) is 5.69 Å². The number of fused-ring (bicyclic) bond motifs is 1. The number of amides is 2. The quantitative estimate of drug-likeness (QED) is 0.895. The molecule has 1 aliphatic heterocycles. The number of hydrogen-bond acceptors (Lipinski definition) is 4. The van der Waals surface area contributed by atoms with Crippen molar-refractivity contribution < 1.29 is 9.59 Å². The first-order valence-corrected chi connectivity index (χ1v) is 8.78. The summed E-state index contributed by atoms with van der Waals surface area (Å²) in [4.78, 5) is 29.1. The van der Waals surface area contributed by atoms with Gasteiger partial charge in [0.15, 0.2) is 0 Å². The number of nitrogens with one attached hydrogen (secondary N) is 2. The molecule has 2 amide bonds. The van der Waals surface area contributed by atoms with Crippen LogP contribution in [0.5, 0.6) is 0 Å². The maximum Gasteiger partial charge on any atom is 0.238 e. The van der Waals surface area contributed by atoms with Crippen molar-refractivity contribution in [3.05, 3.63) is 18.5 Å². The summed E-state index contributed by atoms with van der Waals surface area (Å²) in [6, 6.07) is 1.87. The third-order valence-corrected chi connectivity index (χ3v) is 5.56. The molecule has 0 bridgehead atoms. The number of anilines is 1. The smallest absolute Gasteiger partial charge is 0.238 e. The summed E-state index contributed by atoms with van der Waals surface area (Å²) in [5.74, 6) is 0.464. The maximum atomic E-state index is 12.1. The van der Waals surface area contributed by atoms with Gasteiger partial charge in [-0.25, -0.2) is 0 Å². The summed E-state index contributed by atoms with van der Waals surface area (Å²) >= 11 is 1.44. The van der Waals surface area contributed by atoms with Crippen LogP contribution >= 0.6 is 11.8 Å². The van der Waals surface area contributed by atoms with Gasteiger partial charge < -0.3 is 10.6 Å². The molecule has 118 valence electrons. The van der Waals surface area contributed by atoms with Gasteiger partial charge in [-0.05, 0) is 24.8 Å². The molecular formula is C16H21N3O2S. The lowest BCUT2D eigenvalue weighted by atomic mass is 9.89. The Labute approximate surface area is 134 Å². The molecule has 22 heavy (non-hydrogen) atoms. The monoisotopic (exact) mass is 319 g/mol. The van der Waals surface area contributed by atoms with Gasteiger partial charge in [-0.3, -0.25) is 14.6 Å². The molecule has 1 aromatic heterocycles. The highest BCUT2D eigenvalue weighted by Gasteiger charge is 2.29. The highest BCUT2D eigenvalue weighted by Crippen LogP contribution is 2.36. The number of rotatable bonds is 4. The van der Waals surface area contributed by atoms with E-state index >= 15 is 0 Å². The number of carbonyl (C=O) groups excluding carboxylic acids is 2. The SMILES string of the molecule is O=C(CC1Sc2ccncc2NC1=O)NCC1CCCCC1. The average Bonchev–Trinajstić information content (AvgIpc) is 2.55. The summed E-state index contributed by atoms with van der Waals surface area (Å²) in [5, 5.41) is 5.46. The topological polar surface area (TPSA) is 71.1 Å². The summed E-state index contributed by atoms with van der Waals surface area (Å²) < 4.78 is 0. The van der Waals surface area contributed by atoms with Crippen LogP contribution in [0.1, 0.15) is 38.5 Å². The molecule has 3 rings (SSSR count). The molecular weight excluding hydrogens is 298 g/mol. The van der Waals surface area contributed by atoms with E-state index in [-0.39, 0.29) is 23.5 Å². The minimum Gasteiger partial charge on any atom is -0.356 e. The lowest BCUT2D eigenvalue weighted by Gasteiger charge is -2.24. The molecule has 2 heterocycles. The van der Waals surface area contributed by atoms with Crippen LogP contribution in [0.25, 0.3) is 0 Å². The van der Waals surface area contributed by atoms with Crippen molar-refractivity contribution in [2.24, 2.45) is 5.92 Å². The van der Waals surface area contributed by atoms with Crippen LogP contribution in [0, 0.1) is 5.92 Å². The first-order chi connectivity index (χ1) is 10.7. The molecule has 1 fully saturated rings. The van der Waals surface area contributed by atoms with Gasteiger partial charge >= 0.3 is 0 Å². The van der Waals surface area contributed by atoms with Gasteiger partial charge in [0.05, 0.1) is 17.1 Å². The Morgan fingerprint density at radius 1 is 1.36 bits per heavy atom. The Morgan fingerprint density at radius 3 is 3.00 bits per heavy atom. The van der Waals surface area contributed by atoms with E-state index in [1.807, 2.05) is 6.07 Å². The van der Waals surface area contributed by atoms with Gasteiger partial charge in [-0.15, -0.1) is 11.8 Å². The zero-order valence-corrected chi connectivity index (χ0v) is 13.3. The highest BCUT2D eigenvalue weighted by atomic mass is 32.2. The number of carbonyl (C=O) groups is 2. The second-order valence-corrected chi connectivity index (χ2v) is 7.22. The van der Waals surface area contributed by atoms with Crippen LogP contribution in [-0.2, 0) is 9.59 Å². The molecule has 2 N–H and O–H groups in total.